The Hall–Kier alpha value is -1.35. The summed E-state index contributed by atoms with van der Waals surface area (Å²) in [6.07, 6.45) is 1.88. The summed E-state index contributed by atoms with van der Waals surface area (Å²) in [5.41, 5.74) is 0.860. The monoisotopic (exact) mass is 236 g/mol. The molecule has 0 spiro atoms. The van der Waals surface area contributed by atoms with E-state index < -0.39 is 12.1 Å². The van der Waals surface area contributed by atoms with Crippen LogP contribution in [0, 0.1) is 5.92 Å². The van der Waals surface area contributed by atoms with E-state index in [0.717, 1.165) is 18.4 Å². The zero-order chi connectivity index (χ0) is 12.7. The average Bonchev–Trinajstić information content (AvgIpc) is 2.29. The summed E-state index contributed by atoms with van der Waals surface area (Å²) in [7, 11) is 0. The van der Waals surface area contributed by atoms with Crippen LogP contribution in [0.1, 0.15) is 44.3 Å². The third-order valence-electron chi connectivity index (χ3n) is 2.90. The van der Waals surface area contributed by atoms with Crippen LogP contribution in [0.4, 0.5) is 0 Å². The van der Waals surface area contributed by atoms with Gasteiger partial charge in [0.25, 0.3) is 0 Å². The molecule has 0 heterocycles. The van der Waals surface area contributed by atoms with Gasteiger partial charge in [-0.3, -0.25) is 4.79 Å². The van der Waals surface area contributed by atoms with Gasteiger partial charge in [-0.15, -0.1) is 0 Å². The van der Waals surface area contributed by atoms with E-state index in [9.17, 15) is 9.90 Å². The van der Waals surface area contributed by atoms with E-state index in [1.807, 2.05) is 37.3 Å². The lowest BCUT2D eigenvalue weighted by atomic mass is 9.91. The maximum Gasteiger partial charge on any atom is 0.303 e. The highest BCUT2D eigenvalue weighted by atomic mass is 16.4. The topological polar surface area (TPSA) is 57.5 Å². The van der Waals surface area contributed by atoms with E-state index in [1.54, 1.807) is 0 Å². The lowest BCUT2D eigenvalue weighted by Crippen LogP contribution is -2.12. The van der Waals surface area contributed by atoms with E-state index >= 15 is 0 Å². The smallest absolute Gasteiger partial charge is 0.303 e. The molecule has 0 aliphatic heterocycles. The molecule has 3 heteroatoms. The maximum absolute atomic E-state index is 10.7. The molecule has 0 aliphatic rings. The first kappa shape index (κ1) is 13.7. The molecule has 2 unspecified atom stereocenters. The van der Waals surface area contributed by atoms with Crippen molar-refractivity contribution in [3.05, 3.63) is 35.9 Å². The Bertz CT molecular complexity index is 335. The van der Waals surface area contributed by atoms with Gasteiger partial charge in [0.05, 0.1) is 6.10 Å². The molecule has 1 aromatic rings. The molecule has 2 N–H and O–H groups in total. The van der Waals surface area contributed by atoms with E-state index in [2.05, 4.69) is 0 Å². The van der Waals surface area contributed by atoms with Crippen LogP contribution in [-0.4, -0.2) is 16.2 Å². The molecule has 17 heavy (non-hydrogen) atoms. The minimum absolute atomic E-state index is 0.0488. The SMILES string of the molecule is CCCC(CC(=O)O)CC(O)c1ccccc1. The maximum atomic E-state index is 10.7. The zero-order valence-electron chi connectivity index (χ0n) is 10.2. The first-order chi connectivity index (χ1) is 8.13. The van der Waals surface area contributed by atoms with Crippen molar-refractivity contribution in [1.29, 1.82) is 0 Å². The largest absolute Gasteiger partial charge is 0.481 e. The van der Waals surface area contributed by atoms with Gasteiger partial charge in [0.2, 0.25) is 0 Å². The van der Waals surface area contributed by atoms with Crippen LogP contribution < -0.4 is 0 Å². The van der Waals surface area contributed by atoms with Crippen LogP contribution in [0.25, 0.3) is 0 Å². The summed E-state index contributed by atoms with van der Waals surface area (Å²) in [4.78, 5) is 10.7. The molecular formula is C14H20O3. The fourth-order valence-corrected chi connectivity index (χ4v) is 2.09. The number of benzene rings is 1. The van der Waals surface area contributed by atoms with Crippen molar-refractivity contribution in [1.82, 2.24) is 0 Å². The van der Waals surface area contributed by atoms with Gasteiger partial charge in [-0.1, -0.05) is 50.1 Å². The van der Waals surface area contributed by atoms with Crippen LogP contribution in [0.3, 0.4) is 0 Å². The van der Waals surface area contributed by atoms with E-state index in [4.69, 9.17) is 5.11 Å². The molecule has 2 atom stereocenters. The van der Waals surface area contributed by atoms with Gasteiger partial charge in [-0.05, 0) is 17.9 Å². The van der Waals surface area contributed by atoms with E-state index in [1.165, 1.54) is 0 Å². The van der Waals surface area contributed by atoms with Crippen LogP contribution in [-0.2, 0) is 4.79 Å². The fraction of sp³-hybridized carbons (Fsp3) is 0.500. The van der Waals surface area contributed by atoms with Crippen LogP contribution in [0.2, 0.25) is 0 Å². The van der Waals surface area contributed by atoms with Crippen molar-refractivity contribution in [3.8, 4) is 0 Å². The summed E-state index contributed by atoms with van der Waals surface area (Å²) in [5, 5.41) is 18.8. The van der Waals surface area contributed by atoms with E-state index in [0.29, 0.717) is 6.42 Å². The molecule has 1 aromatic carbocycles. The van der Waals surface area contributed by atoms with Gasteiger partial charge in [0.15, 0.2) is 0 Å². The van der Waals surface area contributed by atoms with Crippen molar-refractivity contribution in [2.45, 2.75) is 38.7 Å². The zero-order valence-corrected chi connectivity index (χ0v) is 10.2. The molecule has 0 aromatic heterocycles. The second kappa shape index (κ2) is 7.07. The third-order valence-corrected chi connectivity index (χ3v) is 2.90. The van der Waals surface area contributed by atoms with Gasteiger partial charge in [-0.2, -0.15) is 0 Å². The minimum atomic E-state index is -0.788. The normalized spacial score (nSPS) is 14.2. The number of hydrogen-bond donors (Lipinski definition) is 2. The molecule has 0 bridgehead atoms. The summed E-state index contributed by atoms with van der Waals surface area (Å²) in [5.74, 6) is -0.739. The molecule has 0 radical (unpaired) electrons. The van der Waals surface area contributed by atoms with Crippen molar-refractivity contribution in [2.24, 2.45) is 5.92 Å². The molecule has 94 valence electrons. The van der Waals surface area contributed by atoms with Crippen molar-refractivity contribution >= 4 is 5.97 Å². The second-order valence-electron chi connectivity index (χ2n) is 4.41. The highest BCUT2D eigenvalue weighted by Gasteiger charge is 2.17. The predicted molar refractivity (Wildman–Crippen MR) is 66.7 cm³/mol. The number of hydrogen-bond acceptors (Lipinski definition) is 2. The van der Waals surface area contributed by atoms with Gasteiger partial charge in [0.1, 0.15) is 0 Å². The van der Waals surface area contributed by atoms with Crippen LogP contribution in [0.15, 0.2) is 30.3 Å². The number of aliphatic hydroxyl groups excluding tert-OH is 1. The molecule has 0 amide bonds. The molecule has 0 aliphatic carbocycles. The van der Waals surface area contributed by atoms with Crippen LogP contribution >= 0.6 is 0 Å². The highest BCUT2D eigenvalue weighted by Crippen LogP contribution is 2.26. The Morgan fingerprint density at radius 1 is 1.29 bits per heavy atom. The Morgan fingerprint density at radius 3 is 2.47 bits per heavy atom. The average molecular weight is 236 g/mol. The van der Waals surface area contributed by atoms with Crippen molar-refractivity contribution < 1.29 is 15.0 Å². The van der Waals surface area contributed by atoms with E-state index in [-0.39, 0.29) is 12.3 Å². The van der Waals surface area contributed by atoms with Gasteiger partial charge >= 0.3 is 5.97 Å². The fourth-order valence-electron chi connectivity index (χ4n) is 2.09. The predicted octanol–water partition coefficient (Wildman–Crippen LogP) is 3.00. The molecule has 0 fully saturated rings. The highest BCUT2D eigenvalue weighted by molar-refractivity contribution is 5.67. The Balaban J connectivity index is 2.57. The molecule has 0 saturated carbocycles. The van der Waals surface area contributed by atoms with Gasteiger partial charge < -0.3 is 10.2 Å². The first-order valence-electron chi connectivity index (χ1n) is 6.08. The van der Waals surface area contributed by atoms with Crippen molar-refractivity contribution in [2.75, 3.05) is 0 Å². The molecule has 1 rings (SSSR count). The summed E-state index contributed by atoms with van der Waals surface area (Å²) in [6.45, 7) is 2.03. The molecule has 3 nitrogen and oxygen atoms in total. The summed E-state index contributed by atoms with van der Waals surface area (Å²) < 4.78 is 0. The quantitative estimate of drug-likeness (QED) is 0.765. The van der Waals surface area contributed by atoms with Crippen molar-refractivity contribution in [3.63, 3.8) is 0 Å². The number of rotatable bonds is 7. The third kappa shape index (κ3) is 5.00. The standard InChI is InChI=1S/C14H20O3/c1-2-6-11(10-14(16)17)9-13(15)12-7-4-3-5-8-12/h3-5,7-8,11,13,15H,2,6,9-10H2,1H3,(H,16,17). The van der Waals surface area contributed by atoms with Crippen LogP contribution in [0.5, 0.6) is 0 Å². The lowest BCUT2D eigenvalue weighted by Gasteiger charge is -2.18. The second-order valence-corrected chi connectivity index (χ2v) is 4.41. The summed E-state index contributed by atoms with van der Waals surface area (Å²) >= 11 is 0. The number of carboxylic acid groups (broad SMARTS) is 1. The Labute approximate surface area is 102 Å². The summed E-state index contributed by atoms with van der Waals surface area (Å²) in [6, 6.07) is 9.40. The number of carbonyl (C=O) groups is 1. The Morgan fingerprint density at radius 2 is 1.94 bits per heavy atom. The first-order valence-corrected chi connectivity index (χ1v) is 6.08. The molecule has 0 saturated heterocycles. The number of carboxylic acids is 1. The van der Waals surface area contributed by atoms with Gasteiger partial charge in [-0.25, -0.2) is 0 Å². The minimum Gasteiger partial charge on any atom is -0.481 e. The van der Waals surface area contributed by atoms with Gasteiger partial charge in [0, 0.05) is 6.42 Å². The Kier molecular flexibility index (Phi) is 5.70. The molecular weight excluding hydrogens is 216 g/mol. The number of aliphatic carboxylic acids is 1. The number of aliphatic hydroxyl groups is 1. The lowest BCUT2D eigenvalue weighted by molar-refractivity contribution is -0.138.